The number of nitrogens with zero attached hydrogens (tertiary/aromatic N) is 3. The molecule has 0 bridgehead atoms. The highest BCUT2D eigenvalue weighted by molar-refractivity contribution is 7.17. The minimum Gasteiger partial charge on any atom is -0.481 e. The predicted molar refractivity (Wildman–Crippen MR) is 71.4 cm³/mol. The van der Waals surface area contributed by atoms with Crippen molar-refractivity contribution in [1.29, 1.82) is 0 Å². The SMILES string of the molecule is CNc1nnc(C(=O)NCc2ccnc(OC)c2)s1. The maximum Gasteiger partial charge on any atom is 0.282 e. The third-order valence-electron chi connectivity index (χ3n) is 2.29. The van der Waals surface area contributed by atoms with E-state index in [1.807, 2.05) is 6.07 Å². The Morgan fingerprint density at radius 2 is 2.32 bits per heavy atom. The van der Waals surface area contributed by atoms with Crippen molar-refractivity contribution in [3.8, 4) is 5.88 Å². The first-order valence-electron chi connectivity index (χ1n) is 5.51. The van der Waals surface area contributed by atoms with Gasteiger partial charge in [-0.05, 0) is 11.6 Å². The average molecular weight is 279 g/mol. The molecule has 2 heterocycles. The van der Waals surface area contributed by atoms with Gasteiger partial charge in [-0.1, -0.05) is 11.3 Å². The standard InChI is InChI=1S/C11H13N5O2S/c1-12-11-16-15-10(19-11)9(17)14-6-7-3-4-13-8(5-7)18-2/h3-5H,6H2,1-2H3,(H,12,16)(H,14,17). The van der Waals surface area contributed by atoms with Gasteiger partial charge in [0, 0.05) is 25.9 Å². The van der Waals surface area contributed by atoms with E-state index >= 15 is 0 Å². The smallest absolute Gasteiger partial charge is 0.282 e. The Balaban J connectivity index is 1.96. The number of nitrogens with one attached hydrogen (secondary N) is 2. The molecule has 0 aliphatic heterocycles. The Bertz CT molecular complexity index is 572. The van der Waals surface area contributed by atoms with Crippen molar-refractivity contribution in [2.24, 2.45) is 0 Å². The molecular formula is C11H13N5O2S. The number of anilines is 1. The minimum absolute atomic E-state index is 0.255. The lowest BCUT2D eigenvalue weighted by atomic mass is 10.2. The van der Waals surface area contributed by atoms with Crippen LogP contribution in [0.25, 0.3) is 0 Å². The fourth-order valence-corrected chi connectivity index (χ4v) is 1.96. The maximum absolute atomic E-state index is 11.8. The van der Waals surface area contributed by atoms with Crippen LogP contribution < -0.4 is 15.4 Å². The molecule has 2 N–H and O–H groups in total. The highest BCUT2D eigenvalue weighted by Gasteiger charge is 2.11. The molecule has 0 aliphatic carbocycles. The van der Waals surface area contributed by atoms with Gasteiger partial charge >= 0.3 is 0 Å². The van der Waals surface area contributed by atoms with E-state index in [0.29, 0.717) is 22.6 Å². The van der Waals surface area contributed by atoms with Crippen LogP contribution in [0.5, 0.6) is 5.88 Å². The predicted octanol–water partition coefficient (Wildman–Crippen LogP) is 0.913. The van der Waals surface area contributed by atoms with Gasteiger partial charge in [-0.15, -0.1) is 10.2 Å². The summed E-state index contributed by atoms with van der Waals surface area (Å²) in [4.78, 5) is 15.8. The van der Waals surface area contributed by atoms with E-state index in [-0.39, 0.29) is 5.91 Å². The molecule has 8 heteroatoms. The number of rotatable bonds is 5. The number of pyridine rings is 1. The van der Waals surface area contributed by atoms with Gasteiger partial charge in [0.05, 0.1) is 7.11 Å². The van der Waals surface area contributed by atoms with Crippen molar-refractivity contribution in [3.63, 3.8) is 0 Å². The molecule has 1 amide bonds. The van der Waals surface area contributed by atoms with Crippen LogP contribution >= 0.6 is 11.3 Å². The quantitative estimate of drug-likeness (QED) is 0.845. The summed E-state index contributed by atoms with van der Waals surface area (Å²) >= 11 is 1.20. The first-order valence-corrected chi connectivity index (χ1v) is 6.33. The van der Waals surface area contributed by atoms with E-state index in [0.717, 1.165) is 5.56 Å². The number of hydrogen-bond acceptors (Lipinski definition) is 7. The largest absolute Gasteiger partial charge is 0.481 e. The van der Waals surface area contributed by atoms with Crippen molar-refractivity contribution >= 4 is 22.4 Å². The van der Waals surface area contributed by atoms with Crippen LogP contribution in [0.15, 0.2) is 18.3 Å². The van der Waals surface area contributed by atoms with Crippen LogP contribution in [0, 0.1) is 0 Å². The monoisotopic (exact) mass is 279 g/mol. The second kappa shape index (κ2) is 6.10. The van der Waals surface area contributed by atoms with Crippen LogP contribution in [0.2, 0.25) is 0 Å². The lowest BCUT2D eigenvalue weighted by Crippen LogP contribution is -2.22. The molecule has 19 heavy (non-hydrogen) atoms. The molecule has 0 atom stereocenters. The molecule has 7 nitrogen and oxygen atoms in total. The molecule has 2 aromatic rings. The molecule has 0 saturated carbocycles. The Morgan fingerprint density at radius 3 is 3.00 bits per heavy atom. The number of carbonyl (C=O) groups excluding carboxylic acids is 1. The molecule has 100 valence electrons. The molecule has 2 rings (SSSR count). The van der Waals surface area contributed by atoms with E-state index in [1.54, 1.807) is 26.4 Å². The maximum atomic E-state index is 11.8. The highest BCUT2D eigenvalue weighted by Crippen LogP contribution is 2.14. The Hall–Kier alpha value is -2.22. The van der Waals surface area contributed by atoms with Crippen molar-refractivity contribution < 1.29 is 9.53 Å². The van der Waals surface area contributed by atoms with Crippen LogP contribution in [-0.2, 0) is 6.54 Å². The van der Waals surface area contributed by atoms with E-state index < -0.39 is 0 Å². The molecular weight excluding hydrogens is 266 g/mol. The number of amides is 1. The molecule has 2 aromatic heterocycles. The number of hydrogen-bond donors (Lipinski definition) is 2. The number of methoxy groups -OCH3 is 1. The average Bonchev–Trinajstić information content (AvgIpc) is 2.94. The molecule has 0 spiro atoms. The summed E-state index contributed by atoms with van der Waals surface area (Å²) in [5, 5.41) is 14.1. The van der Waals surface area contributed by atoms with Gasteiger partial charge in [-0.25, -0.2) is 4.98 Å². The normalized spacial score (nSPS) is 10.0. The Morgan fingerprint density at radius 1 is 1.47 bits per heavy atom. The zero-order chi connectivity index (χ0) is 13.7. The Kier molecular flexibility index (Phi) is 4.24. The number of aromatic nitrogens is 3. The van der Waals surface area contributed by atoms with Gasteiger partial charge in [0.1, 0.15) is 0 Å². The number of ether oxygens (including phenoxy) is 1. The minimum atomic E-state index is -0.255. The molecule has 0 unspecified atom stereocenters. The summed E-state index contributed by atoms with van der Waals surface area (Å²) in [6.45, 7) is 0.381. The zero-order valence-electron chi connectivity index (χ0n) is 10.5. The van der Waals surface area contributed by atoms with Crippen molar-refractivity contribution in [2.75, 3.05) is 19.5 Å². The second-order valence-electron chi connectivity index (χ2n) is 3.55. The molecule has 0 radical (unpaired) electrons. The highest BCUT2D eigenvalue weighted by atomic mass is 32.1. The van der Waals surface area contributed by atoms with Gasteiger partial charge in [-0.2, -0.15) is 0 Å². The third-order valence-corrected chi connectivity index (χ3v) is 3.23. The van der Waals surface area contributed by atoms with Crippen LogP contribution in [0.3, 0.4) is 0 Å². The third kappa shape index (κ3) is 3.38. The summed E-state index contributed by atoms with van der Waals surface area (Å²) in [5.41, 5.74) is 0.901. The lowest BCUT2D eigenvalue weighted by Gasteiger charge is -2.04. The summed E-state index contributed by atoms with van der Waals surface area (Å²) in [5.74, 6) is 0.259. The van der Waals surface area contributed by atoms with Crippen molar-refractivity contribution in [2.45, 2.75) is 6.54 Å². The summed E-state index contributed by atoms with van der Waals surface area (Å²) in [7, 11) is 3.27. The van der Waals surface area contributed by atoms with Gasteiger partial charge in [0.15, 0.2) is 0 Å². The first kappa shape index (κ1) is 13.2. The van der Waals surface area contributed by atoms with Crippen molar-refractivity contribution in [3.05, 3.63) is 28.9 Å². The molecule has 0 aliphatic rings. The summed E-state index contributed by atoms with van der Waals surface area (Å²) in [6.07, 6.45) is 1.63. The first-order chi connectivity index (χ1) is 9.22. The van der Waals surface area contributed by atoms with Gasteiger partial charge in [0.25, 0.3) is 5.91 Å². The number of carbonyl (C=O) groups is 1. The topological polar surface area (TPSA) is 89.0 Å². The van der Waals surface area contributed by atoms with Crippen LogP contribution in [-0.4, -0.2) is 35.2 Å². The van der Waals surface area contributed by atoms with Crippen molar-refractivity contribution in [1.82, 2.24) is 20.5 Å². The molecule has 0 fully saturated rings. The fourth-order valence-electron chi connectivity index (χ4n) is 1.35. The van der Waals surface area contributed by atoms with E-state index in [4.69, 9.17) is 4.74 Å². The van der Waals surface area contributed by atoms with E-state index in [1.165, 1.54) is 11.3 Å². The summed E-state index contributed by atoms with van der Waals surface area (Å²) in [6, 6.07) is 3.57. The van der Waals surface area contributed by atoms with E-state index in [2.05, 4.69) is 25.8 Å². The van der Waals surface area contributed by atoms with Crippen LogP contribution in [0.4, 0.5) is 5.13 Å². The molecule has 0 aromatic carbocycles. The van der Waals surface area contributed by atoms with E-state index in [9.17, 15) is 4.79 Å². The summed E-state index contributed by atoms with van der Waals surface area (Å²) < 4.78 is 5.01. The fraction of sp³-hybridized carbons (Fsp3) is 0.273. The second-order valence-corrected chi connectivity index (χ2v) is 4.53. The zero-order valence-corrected chi connectivity index (χ0v) is 11.3. The van der Waals surface area contributed by atoms with Crippen LogP contribution in [0.1, 0.15) is 15.4 Å². The Labute approximate surface area is 114 Å². The molecule has 0 saturated heterocycles. The van der Waals surface area contributed by atoms with Gasteiger partial charge in [-0.3, -0.25) is 4.79 Å². The lowest BCUT2D eigenvalue weighted by molar-refractivity contribution is 0.0949. The van der Waals surface area contributed by atoms with Gasteiger partial charge in [0.2, 0.25) is 16.0 Å². The van der Waals surface area contributed by atoms with Gasteiger partial charge < -0.3 is 15.4 Å².